The van der Waals surface area contributed by atoms with Gasteiger partial charge in [-0.3, -0.25) is 0 Å². The van der Waals surface area contributed by atoms with Crippen LogP contribution in [-0.2, 0) is 4.74 Å². The molecule has 1 aromatic carbocycles. The topological polar surface area (TPSA) is 55.6 Å². The lowest BCUT2D eigenvalue weighted by molar-refractivity contribution is 0.0180. The molecule has 4 nitrogen and oxygen atoms in total. The fourth-order valence-electron chi connectivity index (χ4n) is 2.59. The standard InChI is InChI=1S/C16H23FN2O2/c1-16(2,3)21-15(20)19-9-12(8-14(18)10-19)11-4-6-13(17)7-5-11/h4-7,12,14H,8-10,18H2,1-3H3/t12-,14+/m1/s1. The van der Waals surface area contributed by atoms with E-state index in [0.717, 1.165) is 12.0 Å². The molecular formula is C16H23FN2O2. The van der Waals surface area contributed by atoms with Gasteiger partial charge in [0.15, 0.2) is 0 Å². The summed E-state index contributed by atoms with van der Waals surface area (Å²) in [5.41, 5.74) is 6.54. The molecule has 2 N–H and O–H groups in total. The number of hydrogen-bond acceptors (Lipinski definition) is 3. The summed E-state index contributed by atoms with van der Waals surface area (Å²) < 4.78 is 18.4. The van der Waals surface area contributed by atoms with Gasteiger partial charge in [0.1, 0.15) is 11.4 Å². The molecule has 1 aliphatic rings. The maximum Gasteiger partial charge on any atom is 0.410 e. The largest absolute Gasteiger partial charge is 0.444 e. The van der Waals surface area contributed by atoms with Crippen LogP contribution < -0.4 is 5.73 Å². The Labute approximate surface area is 125 Å². The van der Waals surface area contributed by atoms with Crippen molar-refractivity contribution in [2.24, 2.45) is 5.73 Å². The molecule has 1 saturated heterocycles. The molecule has 116 valence electrons. The molecule has 1 amide bonds. The molecule has 0 spiro atoms. The van der Waals surface area contributed by atoms with Gasteiger partial charge in [-0.05, 0) is 44.9 Å². The van der Waals surface area contributed by atoms with Crippen LogP contribution in [0.4, 0.5) is 9.18 Å². The first-order valence-electron chi connectivity index (χ1n) is 7.23. The number of nitrogens with zero attached hydrogens (tertiary/aromatic N) is 1. The maximum atomic E-state index is 13.0. The number of carbonyl (C=O) groups is 1. The van der Waals surface area contributed by atoms with E-state index in [1.54, 1.807) is 17.0 Å². The Morgan fingerprint density at radius 1 is 1.29 bits per heavy atom. The highest BCUT2D eigenvalue weighted by atomic mass is 19.1. The Morgan fingerprint density at radius 3 is 2.48 bits per heavy atom. The minimum Gasteiger partial charge on any atom is -0.444 e. The van der Waals surface area contributed by atoms with Gasteiger partial charge in [-0.15, -0.1) is 0 Å². The number of piperidine rings is 1. The molecule has 0 bridgehead atoms. The zero-order valence-electron chi connectivity index (χ0n) is 12.8. The van der Waals surface area contributed by atoms with E-state index in [4.69, 9.17) is 10.5 Å². The molecular weight excluding hydrogens is 271 g/mol. The van der Waals surface area contributed by atoms with Crippen molar-refractivity contribution in [3.05, 3.63) is 35.6 Å². The van der Waals surface area contributed by atoms with Gasteiger partial charge < -0.3 is 15.4 Å². The molecule has 1 aliphatic heterocycles. The predicted octanol–water partition coefficient (Wildman–Crippen LogP) is 2.88. The van der Waals surface area contributed by atoms with Gasteiger partial charge in [0.05, 0.1) is 0 Å². The van der Waals surface area contributed by atoms with Gasteiger partial charge in [0.2, 0.25) is 0 Å². The maximum absolute atomic E-state index is 13.0. The third kappa shape index (κ3) is 4.43. The van der Waals surface area contributed by atoms with E-state index in [1.807, 2.05) is 20.8 Å². The van der Waals surface area contributed by atoms with E-state index in [-0.39, 0.29) is 23.9 Å². The molecule has 2 atom stereocenters. The highest BCUT2D eigenvalue weighted by molar-refractivity contribution is 5.68. The third-order valence-electron chi connectivity index (χ3n) is 3.48. The second-order valence-corrected chi connectivity index (χ2v) is 6.63. The van der Waals surface area contributed by atoms with Crippen LogP contribution in [0.15, 0.2) is 24.3 Å². The highest BCUT2D eigenvalue weighted by Gasteiger charge is 2.31. The van der Waals surface area contributed by atoms with Crippen LogP contribution in [0.1, 0.15) is 38.7 Å². The van der Waals surface area contributed by atoms with Gasteiger partial charge in [0, 0.05) is 25.0 Å². The lowest BCUT2D eigenvalue weighted by atomic mass is 9.88. The van der Waals surface area contributed by atoms with E-state index in [9.17, 15) is 9.18 Å². The number of rotatable bonds is 1. The third-order valence-corrected chi connectivity index (χ3v) is 3.48. The molecule has 2 rings (SSSR count). The fraction of sp³-hybridized carbons (Fsp3) is 0.562. The molecule has 1 aromatic rings. The Bertz CT molecular complexity index is 496. The van der Waals surface area contributed by atoms with Gasteiger partial charge in [-0.2, -0.15) is 0 Å². The van der Waals surface area contributed by atoms with Gasteiger partial charge in [0.25, 0.3) is 0 Å². The summed E-state index contributed by atoms with van der Waals surface area (Å²) in [6.45, 7) is 6.56. The average molecular weight is 294 g/mol. The number of amides is 1. The van der Waals surface area contributed by atoms with E-state index >= 15 is 0 Å². The van der Waals surface area contributed by atoms with Crippen LogP contribution in [-0.4, -0.2) is 35.7 Å². The van der Waals surface area contributed by atoms with E-state index in [2.05, 4.69) is 0 Å². The van der Waals surface area contributed by atoms with Crippen LogP contribution in [0.25, 0.3) is 0 Å². The van der Waals surface area contributed by atoms with E-state index in [0.29, 0.717) is 13.1 Å². The summed E-state index contributed by atoms with van der Waals surface area (Å²) in [6, 6.07) is 6.29. The Hall–Kier alpha value is -1.62. The molecule has 0 radical (unpaired) electrons. The Morgan fingerprint density at radius 2 is 1.90 bits per heavy atom. The lowest BCUT2D eigenvalue weighted by Gasteiger charge is -2.37. The minimum absolute atomic E-state index is 0.0960. The first-order chi connectivity index (χ1) is 9.74. The second-order valence-electron chi connectivity index (χ2n) is 6.63. The Kier molecular flexibility index (Phi) is 4.52. The monoisotopic (exact) mass is 294 g/mol. The predicted molar refractivity (Wildman–Crippen MR) is 79.5 cm³/mol. The molecule has 0 aromatic heterocycles. The quantitative estimate of drug-likeness (QED) is 0.866. The SMILES string of the molecule is CC(C)(C)OC(=O)N1C[C@@H](N)C[C@@H](c2ccc(F)cc2)C1. The summed E-state index contributed by atoms with van der Waals surface area (Å²) in [5, 5.41) is 0. The summed E-state index contributed by atoms with van der Waals surface area (Å²) >= 11 is 0. The van der Waals surface area contributed by atoms with Crippen LogP contribution in [0, 0.1) is 5.82 Å². The summed E-state index contributed by atoms with van der Waals surface area (Å²) in [4.78, 5) is 13.8. The number of benzene rings is 1. The average Bonchev–Trinajstić information content (AvgIpc) is 2.36. The normalized spacial score (nSPS) is 23.0. The molecule has 5 heteroatoms. The molecule has 21 heavy (non-hydrogen) atoms. The molecule has 1 heterocycles. The zero-order chi connectivity index (χ0) is 15.6. The first-order valence-corrected chi connectivity index (χ1v) is 7.23. The Balaban J connectivity index is 2.08. The second kappa shape index (κ2) is 6.02. The minimum atomic E-state index is -0.524. The number of likely N-dealkylation sites (tertiary alicyclic amines) is 1. The number of nitrogens with two attached hydrogens (primary N) is 1. The van der Waals surface area contributed by atoms with Crippen LogP contribution in [0.3, 0.4) is 0 Å². The van der Waals surface area contributed by atoms with Crippen molar-refractivity contribution in [3.63, 3.8) is 0 Å². The molecule has 0 saturated carbocycles. The van der Waals surface area contributed by atoms with Crippen molar-refractivity contribution in [1.82, 2.24) is 4.90 Å². The van der Waals surface area contributed by atoms with Crippen molar-refractivity contribution in [3.8, 4) is 0 Å². The number of hydrogen-bond donors (Lipinski definition) is 1. The smallest absolute Gasteiger partial charge is 0.410 e. The fourth-order valence-corrected chi connectivity index (χ4v) is 2.59. The van der Waals surface area contributed by atoms with Gasteiger partial charge >= 0.3 is 6.09 Å². The van der Waals surface area contributed by atoms with Gasteiger partial charge in [-0.25, -0.2) is 9.18 Å². The van der Waals surface area contributed by atoms with Crippen LogP contribution >= 0.6 is 0 Å². The number of carbonyl (C=O) groups excluding carboxylic acids is 1. The molecule has 0 unspecified atom stereocenters. The zero-order valence-corrected chi connectivity index (χ0v) is 12.8. The van der Waals surface area contributed by atoms with Crippen molar-refractivity contribution < 1.29 is 13.9 Å². The van der Waals surface area contributed by atoms with Crippen molar-refractivity contribution >= 4 is 6.09 Å². The summed E-state index contributed by atoms with van der Waals surface area (Å²) in [6.07, 6.45) is 0.440. The summed E-state index contributed by atoms with van der Waals surface area (Å²) in [5.74, 6) is -0.148. The van der Waals surface area contributed by atoms with Gasteiger partial charge in [-0.1, -0.05) is 12.1 Å². The van der Waals surface area contributed by atoms with Crippen LogP contribution in [0.5, 0.6) is 0 Å². The van der Waals surface area contributed by atoms with E-state index < -0.39 is 5.60 Å². The molecule has 1 fully saturated rings. The molecule has 0 aliphatic carbocycles. The van der Waals surface area contributed by atoms with Crippen LogP contribution in [0.2, 0.25) is 0 Å². The van der Waals surface area contributed by atoms with Crippen molar-refractivity contribution in [2.75, 3.05) is 13.1 Å². The highest BCUT2D eigenvalue weighted by Crippen LogP contribution is 2.27. The first kappa shape index (κ1) is 15.8. The summed E-state index contributed by atoms with van der Waals surface area (Å²) in [7, 11) is 0. The van der Waals surface area contributed by atoms with Crippen molar-refractivity contribution in [1.29, 1.82) is 0 Å². The lowest BCUT2D eigenvalue weighted by Crippen LogP contribution is -2.50. The number of ether oxygens (including phenoxy) is 1. The number of halogens is 1. The van der Waals surface area contributed by atoms with Crippen molar-refractivity contribution in [2.45, 2.75) is 44.8 Å². The van der Waals surface area contributed by atoms with E-state index in [1.165, 1.54) is 12.1 Å².